The van der Waals surface area contributed by atoms with Gasteiger partial charge in [0.25, 0.3) is 11.5 Å². The Bertz CT molecular complexity index is 1110. The molecule has 0 aliphatic carbocycles. The van der Waals surface area contributed by atoms with Crippen LogP contribution in [-0.4, -0.2) is 25.8 Å². The summed E-state index contributed by atoms with van der Waals surface area (Å²) in [6.45, 7) is 0.136. The summed E-state index contributed by atoms with van der Waals surface area (Å²) in [7, 11) is 0. The summed E-state index contributed by atoms with van der Waals surface area (Å²) in [6.07, 6.45) is 1.67. The fourth-order valence-electron chi connectivity index (χ4n) is 2.57. The topological polar surface area (TPSA) is 106 Å². The van der Waals surface area contributed by atoms with Gasteiger partial charge in [0.1, 0.15) is 11.4 Å². The molecule has 0 atom stereocenters. The molecule has 0 saturated heterocycles. The number of pyridine rings is 1. The van der Waals surface area contributed by atoms with Crippen molar-refractivity contribution in [2.45, 2.75) is 6.54 Å². The molecule has 0 radical (unpaired) electrons. The van der Waals surface area contributed by atoms with E-state index in [-0.39, 0.29) is 17.8 Å². The van der Waals surface area contributed by atoms with Gasteiger partial charge in [-0.05, 0) is 24.3 Å². The zero-order valence-electron chi connectivity index (χ0n) is 14.1. The summed E-state index contributed by atoms with van der Waals surface area (Å²) in [5.41, 5.74) is 1.76. The van der Waals surface area contributed by atoms with Crippen LogP contribution in [0.1, 0.15) is 16.2 Å². The van der Waals surface area contributed by atoms with Crippen LogP contribution in [0.2, 0.25) is 0 Å². The van der Waals surface area contributed by atoms with Crippen molar-refractivity contribution in [3.8, 4) is 17.1 Å². The number of carbonyl (C=O) groups is 1. The van der Waals surface area contributed by atoms with Crippen molar-refractivity contribution in [1.29, 1.82) is 0 Å². The van der Waals surface area contributed by atoms with Crippen LogP contribution in [0, 0.1) is 0 Å². The summed E-state index contributed by atoms with van der Waals surface area (Å²) in [6, 6.07) is 17.5. The van der Waals surface area contributed by atoms with E-state index in [1.54, 1.807) is 24.4 Å². The first-order chi connectivity index (χ1) is 13.2. The van der Waals surface area contributed by atoms with Gasteiger partial charge in [-0.2, -0.15) is 0 Å². The van der Waals surface area contributed by atoms with Gasteiger partial charge in [-0.1, -0.05) is 29.4 Å². The fraction of sp³-hybridized carbons (Fsp3) is 0.0526. The third-order valence-corrected chi connectivity index (χ3v) is 3.89. The van der Waals surface area contributed by atoms with E-state index in [4.69, 9.17) is 4.52 Å². The molecule has 0 aliphatic heterocycles. The monoisotopic (exact) mass is 361 g/mol. The summed E-state index contributed by atoms with van der Waals surface area (Å²) in [5, 5.41) is 9.44. The first-order valence-corrected chi connectivity index (χ1v) is 8.23. The Kier molecular flexibility index (Phi) is 4.36. The smallest absolute Gasteiger partial charge is 0.271 e. The Morgan fingerprint density at radius 1 is 1.07 bits per heavy atom. The Hall–Kier alpha value is -3.94. The minimum absolute atomic E-state index is 0.136. The molecule has 1 aromatic carbocycles. The minimum Gasteiger partial charge on any atom is -0.359 e. The highest BCUT2D eigenvalue weighted by Crippen LogP contribution is 2.16. The predicted octanol–water partition coefficient (Wildman–Crippen LogP) is 2.15. The van der Waals surface area contributed by atoms with Gasteiger partial charge < -0.3 is 9.84 Å². The lowest BCUT2D eigenvalue weighted by atomic mass is 10.2. The molecule has 0 aliphatic rings. The molecule has 8 nitrogen and oxygen atoms in total. The zero-order chi connectivity index (χ0) is 18.6. The molecule has 4 rings (SSSR count). The van der Waals surface area contributed by atoms with E-state index in [1.807, 2.05) is 36.4 Å². The average molecular weight is 361 g/mol. The van der Waals surface area contributed by atoms with Crippen LogP contribution in [0.25, 0.3) is 17.1 Å². The van der Waals surface area contributed by atoms with Crippen LogP contribution >= 0.6 is 0 Å². The zero-order valence-corrected chi connectivity index (χ0v) is 14.1. The second kappa shape index (κ2) is 7.12. The maximum absolute atomic E-state index is 12.3. The third-order valence-electron chi connectivity index (χ3n) is 3.89. The molecule has 3 aromatic heterocycles. The number of amides is 1. The highest BCUT2D eigenvalue weighted by atomic mass is 16.5. The number of aromatic amines is 1. The van der Waals surface area contributed by atoms with Crippen molar-refractivity contribution in [2.75, 3.05) is 0 Å². The second-order valence-electron chi connectivity index (χ2n) is 5.76. The summed E-state index contributed by atoms with van der Waals surface area (Å²) < 4.78 is 6.53. The normalized spacial score (nSPS) is 10.7. The molecular formula is C19H15N5O3. The van der Waals surface area contributed by atoms with Crippen LogP contribution in [0.4, 0.5) is 0 Å². The van der Waals surface area contributed by atoms with Crippen molar-refractivity contribution >= 4 is 5.91 Å². The number of carbonyl (C=O) groups excluding carboxylic acids is 1. The number of hydrogen-bond donors (Lipinski definition) is 2. The van der Waals surface area contributed by atoms with E-state index in [9.17, 15) is 9.59 Å². The van der Waals surface area contributed by atoms with Gasteiger partial charge in [-0.15, -0.1) is 0 Å². The van der Waals surface area contributed by atoms with E-state index < -0.39 is 5.91 Å². The van der Waals surface area contributed by atoms with Gasteiger partial charge in [0, 0.05) is 18.3 Å². The molecular weight excluding hydrogens is 346 g/mol. The van der Waals surface area contributed by atoms with Crippen LogP contribution in [0.5, 0.6) is 0 Å². The number of H-pyrrole nitrogens is 1. The molecule has 0 fully saturated rings. The Morgan fingerprint density at radius 3 is 2.67 bits per heavy atom. The summed E-state index contributed by atoms with van der Waals surface area (Å²) >= 11 is 0. The van der Waals surface area contributed by atoms with Crippen molar-refractivity contribution in [3.05, 3.63) is 88.7 Å². The van der Waals surface area contributed by atoms with Gasteiger partial charge in [-0.25, -0.2) is 4.68 Å². The quantitative estimate of drug-likeness (QED) is 0.566. The Labute approximate surface area is 153 Å². The lowest BCUT2D eigenvalue weighted by Gasteiger charge is -2.02. The highest BCUT2D eigenvalue weighted by Gasteiger charge is 2.13. The minimum atomic E-state index is -0.419. The van der Waals surface area contributed by atoms with E-state index in [0.29, 0.717) is 22.8 Å². The Morgan fingerprint density at radius 2 is 1.89 bits per heavy atom. The first kappa shape index (κ1) is 16.5. The van der Waals surface area contributed by atoms with Crippen LogP contribution < -0.4 is 10.9 Å². The van der Waals surface area contributed by atoms with Crippen molar-refractivity contribution in [1.82, 2.24) is 25.2 Å². The number of para-hydroxylation sites is 1. The number of nitrogens with zero attached hydrogens (tertiary/aromatic N) is 3. The van der Waals surface area contributed by atoms with Gasteiger partial charge in [0.15, 0.2) is 5.76 Å². The molecule has 0 bridgehead atoms. The molecule has 4 aromatic rings. The van der Waals surface area contributed by atoms with Crippen LogP contribution in [0.3, 0.4) is 0 Å². The number of benzene rings is 1. The number of hydrogen-bond acceptors (Lipinski definition) is 5. The van der Waals surface area contributed by atoms with Crippen LogP contribution in [0.15, 0.2) is 76.2 Å². The standard InChI is InChI=1S/C19H15N5O3/c25-18-11-17(22-24(18)13-6-2-1-3-7-13)19(26)21-12-14-10-16(23-27-14)15-8-4-5-9-20-15/h1-11,22H,12H2,(H,21,26). The second-order valence-corrected chi connectivity index (χ2v) is 5.76. The lowest BCUT2D eigenvalue weighted by molar-refractivity contribution is 0.0941. The number of nitrogens with one attached hydrogen (secondary N) is 2. The van der Waals surface area contributed by atoms with Crippen LogP contribution in [-0.2, 0) is 6.54 Å². The molecule has 0 unspecified atom stereocenters. The van der Waals surface area contributed by atoms with E-state index >= 15 is 0 Å². The molecule has 8 heteroatoms. The number of rotatable bonds is 5. The maximum atomic E-state index is 12.3. The highest BCUT2D eigenvalue weighted by molar-refractivity contribution is 5.92. The van der Waals surface area contributed by atoms with Crippen molar-refractivity contribution in [2.24, 2.45) is 0 Å². The molecule has 2 N–H and O–H groups in total. The maximum Gasteiger partial charge on any atom is 0.271 e. The molecule has 0 saturated carbocycles. The summed E-state index contributed by atoms with van der Waals surface area (Å²) in [4.78, 5) is 28.6. The van der Waals surface area contributed by atoms with Gasteiger partial charge in [0.05, 0.1) is 17.9 Å². The van der Waals surface area contributed by atoms with Crippen molar-refractivity contribution < 1.29 is 9.32 Å². The number of aromatic nitrogens is 4. The lowest BCUT2D eigenvalue weighted by Crippen LogP contribution is -2.23. The van der Waals surface area contributed by atoms with Gasteiger partial charge >= 0.3 is 0 Å². The molecule has 134 valence electrons. The molecule has 3 heterocycles. The fourth-order valence-corrected chi connectivity index (χ4v) is 2.57. The summed E-state index contributed by atoms with van der Waals surface area (Å²) in [5.74, 6) is 0.0615. The van der Waals surface area contributed by atoms with Gasteiger partial charge in [-0.3, -0.25) is 19.7 Å². The van der Waals surface area contributed by atoms with E-state index in [2.05, 4.69) is 20.6 Å². The average Bonchev–Trinajstić information content (AvgIpc) is 3.34. The van der Waals surface area contributed by atoms with Gasteiger partial charge in [0.2, 0.25) is 0 Å². The largest absolute Gasteiger partial charge is 0.359 e. The third kappa shape index (κ3) is 3.54. The van der Waals surface area contributed by atoms with E-state index in [1.165, 1.54) is 10.7 Å². The Balaban J connectivity index is 1.45. The predicted molar refractivity (Wildman–Crippen MR) is 97.3 cm³/mol. The molecule has 0 spiro atoms. The SMILES string of the molecule is O=C(NCc1cc(-c2ccccn2)no1)c1cc(=O)n(-c2ccccc2)[nH]1. The van der Waals surface area contributed by atoms with Crippen molar-refractivity contribution in [3.63, 3.8) is 0 Å². The first-order valence-electron chi connectivity index (χ1n) is 8.23. The molecule has 1 amide bonds. The molecule has 27 heavy (non-hydrogen) atoms. The van der Waals surface area contributed by atoms with E-state index in [0.717, 1.165) is 0 Å².